The van der Waals surface area contributed by atoms with Crippen molar-refractivity contribution in [2.75, 3.05) is 56.2 Å². The number of nitrogens with zero attached hydrogens (tertiary/aromatic N) is 7. The molecule has 0 spiro atoms. The van der Waals surface area contributed by atoms with Gasteiger partial charge in [-0.05, 0) is 74.7 Å². The van der Waals surface area contributed by atoms with Crippen molar-refractivity contribution in [1.82, 2.24) is 19.8 Å². The third kappa shape index (κ3) is 6.20. The standard InChI is InChI=1S/C40H45N7O3/c1-27-9-6-12-30-13-7-15-34(36(27)30)47-23-29-21-33-37(35(47)22-29)42-39(49-26-32-14-8-18-44(32)2)43-38(33)45-19-20-46(31(24-45)16-17-41)40(48)50-25-28-10-4-3-5-11-28/h3-7,9-13,15,29,31-32,35H,8,14,16,18-26H2,1-2H3/t29-,31+,32+,35-/m1/s1. The van der Waals surface area contributed by atoms with Gasteiger partial charge in [-0.3, -0.25) is 0 Å². The Morgan fingerprint density at radius 3 is 2.62 bits per heavy atom. The number of amides is 1. The van der Waals surface area contributed by atoms with E-state index in [0.29, 0.717) is 44.2 Å². The fourth-order valence-electron chi connectivity index (χ4n) is 8.63. The van der Waals surface area contributed by atoms with E-state index in [9.17, 15) is 10.1 Å². The van der Waals surface area contributed by atoms with Crippen LogP contribution in [-0.2, 0) is 17.8 Å². The Labute approximate surface area is 294 Å². The highest BCUT2D eigenvalue weighted by molar-refractivity contribution is 5.97. The molecule has 50 heavy (non-hydrogen) atoms. The fourth-order valence-corrected chi connectivity index (χ4v) is 8.63. The minimum atomic E-state index is -0.387. The number of ether oxygens (including phenoxy) is 2. The van der Waals surface area contributed by atoms with Crippen molar-refractivity contribution in [3.63, 3.8) is 0 Å². The number of benzene rings is 3. The predicted octanol–water partition coefficient (Wildman–Crippen LogP) is 6.28. The second-order valence-electron chi connectivity index (χ2n) is 14.4. The minimum absolute atomic E-state index is 0.108. The summed E-state index contributed by atoms with van der Waals surface area (Å²) in [6.07, 6.45) is 4.01. The van der Waals surface area contributed by atoms with Crippen molar-refractivity contribution < 1.29 is 14.3 Å². The summed E-state index contributed by atoms with van der Waals surface area (Å²) in [4.78, 5) is 32.6. The third-order valence-corrected chi connectivity index (χ3v) is 11.2. The number of piperazine rings is 1. The Morgan fingerprint density at radius 1 is 0.980 bits per heavy atom. The molecule has 0 N–H and O–H groups in total. The Morgan fingerprint density at radius 2 is 1.82 bits per heavy atom. The van der Waals surface area contributed by atoms with Crippen LogP contribution < -0.4 is 14.5 Å². The number of aryl methyl sites for hydroxylation is 1. The molecule has 10 nitrogen and oxygen atoms in total. The number of carbonyl (C=O) groups is 1. The normalized spacial score (nSPS) is 23.2. The van der Waals surface area contributed by atoms with Crippen molar-refractivity contribution >= 4 is 28.4 Å². The summed E-state index contributed by atoms with van der Waals surface area (Å²) in [5, 5.41) is 12.4. The van der Waals surface area contributed by atoms with E-state index in [1.807, 2.05) is 30.3 Å². The van der Waals surface area contributed by atoms with Gasteiger partial charge in [0.2, 0.25) is 0 Å². The molecular formula is C40H45N7O3. The van der Waals surface area contributed by atoms with E-state index in [4.69, 9.17) is 19.4 Å². The maximum Gasteiger partial charge on any atom is 0.410 e. The predicted molar refractivity (Wildman–Crippen MR) is 193 cm³/mol. The van der Waals surface area contributed by atoms with Gasteiger partial charge in [0.1, 0.15) is 19.0 Å². The van der Waals surface area contributed by atoms with E-state index < -0.39 is 0 Å². The van der Waals surface area contributed by atoms with E-state index in [2.05, 4.69) is 71.1 Å². The summed E-state index contributed by atoms with van der Waals surface area (Å²) < 4.78 is 12.2. The van der Waals surface area contributed by atoms with Crippen molar-refractivity contribution in [2.45, 2.75) is 63.8 Å². The molecule has 8 rings (SSSR count). The number of fused-ring (bicyclic) bond motifs is 5. The highest BCUT2D eigenvalue weighted by Gasteiger charge is 2.44. The number of carbonyl (C=O) groups excluding carboxylic acids is 1. The molecule has 258 valence electrons. The maximum absolute atomic E-state index is 13.3. The lowest BCUT2D eigenvalue weighted by molar-refractivity contribution is 0.0767. The number of aromatic nitrogens is 2. The van der Waals surface area contributed by atoms with Crippen LogP contribution in [0.5, 0.6) is 6.01 Å². The molecular weight excluding hydrogens is 626 g/mol. The lowest BCUT2D eigenvalue weighted by Crippen LogP contribution is -2.55. The van der Waals surface area contributed by atoms with Gasteiger partial charge in [0.25, 0.3) is 0 Å². The lowest BCUT2D eigenvalue weighted by Gasteiger charge is -2.41. The molecule has 4 atom stereocenters. The number of hydrogen-bond acceptors (Lipinski definition) is 9. The number of likely N-dealkylation sites (N-methyl/N-ethyl adjacent to an activating group) is 1. The number of likely N-dealkylation sites (tertiary alicyclic amines) is 1. The quantitative estimate of drug-likeness (QED) is 0.215. The SMILES string of the molecule is Cc1cccc2cccc(N3C[C@@H]4Cc5c(nc(OC[C@@H]6CCCN6C)nc5N5CCN(C(=O)OCc6ccccc6)[C@@H](CC#N)C5)[C@H]3C4)c12. The molecule has 4 aromatic rings. The van der Waals surface area contributed by atoms with E-state index >= 15 is 0 Å². The number of hydrogen-bond donors (Lipinski definition) is 0. The number of rotatable bonds is 8. The Balaban J connectivity index is 1.11. The van der Waals surface area contributed by atoms with Crippen LogP contribution >= 0.6 is 0 Å². The molecule has 10 heteroatoms. The van der Waals surface area contributed by atoms with E-state index in [0.717, 1.165) is 49.4 Å². The molecule has 4 heterocycles. The molecule has 0 saturated carbocycles. The molecule has 3 saturated heterocycles. The van der Waals surface area contributed by atoms with Crippen LogP contribution in [0.2, 0.25) is 0 Å². The molecule has 4 aliphatic rings. The van der Waals surface area contributed by atoms with Gasteiger partial charge < -0.3 is 29.1 Å². The van der Waals surface area contributed by atoms with Gasteiger partial charge in [-0.15, -0.1) is 0 Å². The van der Waals surface area contributed by atoms with Gasteiger partial charge in [-0.2, -0.15) is 15.2 Å². The topological polar surface area (TPSA) is 98.1 Å². The monoisotopic (exact) mass is 671 g/mol. The first-order valence-corrected chi connectivity index (χ1v) is 18.0. The summed E-state index contributed by atoms with van der Waals surface area (Å²) in [7, 11) is 2.16. The molecule has 0 radical (unpaired) electrons. The largest absolute Gasteiger partial charge is 0.462 e. The smallest absolute Gasteiger partial charge is 0.410 e. The number of anilines is 2. The van der Waals surface area contributed by atoms with Gasteiger partial charge in [-0.25, -0.2) is 4.79 Å². The van der Waals surface area contributed by atoms with Crippen LogP contribution in [-0.4, -0.2) is 84.3 Å². The second kappa shape index (κ2) is 13.8. The molecule has 1 aliphatic carbocycles. The summed E-state index contributed by atoms with van der Waals surface area (Å²) >= 11 is 0. The van der Waals surface area contributed by atoms with Crippen LogP contribution in [0.25, 0.3) is 10.8 Å². The first-order chi connectivity index (χ1) is 24.5. The van der Waals surface area contributed by atoms with Crippen LogP contribution in [0.3, 0.4) is 0 Å². The zero-order valence-corrected chi connectivity index (χ0v) is 29.0. The Hall–Kier alpha value is -4.88. The zero-order chi connectivity index (χ0) is 34.2. The molecule has 1 amide bonds. The molecule has 0 unspecified atom stereocenters. The van der Waals surface area contributed by atoms with E-state index in [1.54, 1.807) is 4.90 Å². The summed E-state index contributed by atoms with van der Waals surface area (Å²) in [6, 6.07) is 25.7. The molecule has 2 bridgehead atoms. The second-order valence-corrected chi connectivity index (χ2v) is 14.4. The lowest BCUT2D eigenvalue weighted by atomic mass is 9.87. The molecule has 3 aromatic carbocycles. The van der Waals surface area contributed by atoms with Crippen LogP contribution in [0.4, 0.5) is 16.3 Å². The van der Waals surface area contributed by atoms with Gasteiger partial charge in [-0.1, -0.05) is 60.7 Å². The molecule has 1 aromatic heterocycles. The average molecular weight is 672 g/mol. The first kappa shape index (κ1) is 32.3. The average Bonchev–Trinajstić information content (AvgIpc) is 3.72. The van der Waals surface area contributed by atoms with Gasteiger partial charge in [0, 0.05) is 48.9 Å². The van der Waals surface area contributed by atoms with Crippen molar-refractivity contribution in [3.8, 4) is 12.1 Å². The van der Waals surface area contributed by atoms with Gasteiger partial charge in [0.05, 0.1) is 30.3 Å². The fraction of sp³-hybridized carbons (Fsp3) is 0.450. The van der Waals surface area contributed by atoms with Crippen LogP contribution in [0.15, 0.2) is 66.7 Å². The van der Waals surface area contributed by atoms with Crippen molar-refractivity contribution in [1.29, 1.82) is 5.26 Å². The highest BCUT2D eigenvalue weighted by Crippen LogP contribution is 2.49. The molecule has 3 aliphatic heterocycles. The number of nitriles is 1. The van der Waals surface area contributed by atoms with Gasteiger partial charge in [0.15, 0.2) is 0 Å². The summed E-state index contributed by atoms with van der Waals surface area (Å²) in [5.41, 5.74) is 5.68. The Kier molecular flexibility index (Phi) is 8.92. The maximum atomic E-state index is 13.3. The highest BCUT2D eigenvalue weighted by atomic mass is 16.6. The van der Waals surface area contributed by atoms with Crippen LogP contribution in [0, 0.1) is 24.2 Å². The van der Waals surface area contributed by atoms with E-state index in [-0.39, 0.29) is 31.2 Å². The van der Waals surface area contributed by atoms with Crippen LogP contribution in [0.1, 0.15) is 54.1 Å². The van der Waals surface area contributed by atoms with E-state index in [1.165, 1.54) is 34.0 Å². The molecule has 3 fully saturated rings. The first-order valence-electron chi connectivity index (χ1n) is 18.0. The van der Waals surface area contributed by atoms with Crippen molar-refractivity contribution in [2.24, 2.45) is 5.92 Å². The Bertz CT molecular complexity index is 1910. The van der Waals surface area contributed by atoms with Crippen molar-refractivity contribution in [3.05, 3.63) is 89.1 Å². The minimum Gasteiger partial charge on any atom is -0.462 e. The third-order valence-electron chi connectivity index (χ3n) is 11.2. The summed E-state index contributed by atoms with van der Waals surface area (Å²) in [5.74, 6) is 1.35. The summed E-state index contributed by atoms with van der Waals surface area (Å²) in [6.45, 7) is 6.49. The van der Waals surface area contributed by atoms with Gasteiger partial charge >= 0.3 is 12.1 Å². The zero-order valence-electron chi connectivity index (χ0n) is 29.0.